The van der Waals surface area contributed by atoms with Crippen molar-refractivity contribution in [2.75, 3.05) is 13.7 Å². The molecule has 1 unspecified atom stereocenters. The predicted molar refractivity (Wildman–Crippen MR) is 82.6 cm³/mol. The van der Waals surface area contributed by atoms with Gasteiger partial charge < -0.3 is 19.9 Å². The average Bonchev–Trinajstić information content (AvgIpc) is 2.50. The van der Waals surface area contributed by atoms with Gasteiger partial charge in [-0.05, 0) is 31.9 Å². The van der Waals surface area contributed by atoms with Crippen LogP contribution < -0.4 is 14.8 Å². The number of benzene rings is 1. The number of carbonyl (C=O) groups excluding carboxylic acids is 1. The van der Waals surface area contributed by atoms with Gasteiger partial charge in [-0.3, -0.25) is 9.59 Å². The van der Waals surface area contributed by atoms with Crippen molar-refractivity contribution in [3.8, 4) is 11.5 Å². The number of hydrogen-bond donors (Lipinski definition) is 2. The zero-order valence-corrected chi connectivity index (χ0v) is 13.2. The van der Waals surface area contributed by atoms with Gasteiger partial charge in [0.2, 0.25) is 0 Å². The minimum atomic E-state index is -0.877. The minimum Gasteiger partial charge on any atom is -0.497 e. The second-order valence-electron chi connectivity index (χ2n) is 5.02. The Morgan fingerprint density at radius 2 is 2.09 bits per heavy atom. The van der Waals surface area contributed by atoms with Gasteiger partial charge in [0.05, 0.1) is 19.3 Å². The van der Waals surface area contributed by atoms with Crippen molar-refractivity contribution in [1.29, 1.82) is 0 Å². The van der Waals surface area contributed by atoms with Gasteiger partial charge in [0.25, 0.3) is 5.91 Å². The van der Waals surface area contributed by atoms with Crippen LogP contribution in [0.5, 0.6) is 11.5 Å². The Labute approximate surface area is 130 Å². The topological polar surface area (TPSA) is 84.9 Å². The standard InChI is InChI=1S/C16H23NO5/c1-4-9-22-14-10-12(21-3)6-7-13(14)16(20)17-11(2)5-8-15(18)19/h6-7,10-11H,4-5,8-9H2,1-3H3,(H,17,20)(H,18,19). The molecule has 6 heteroatoms. The number of rotatable bonds is 9. The fourth-order valence-electron chi connectivity index (χ4n) is 1.86. The molecule has 0 spiro atoms. The number of ether oxygens (including phenoxy) is 2. The summed E-state index contributed by atoms with van der Waals surface area (Å²) in [7, 11) is 1.55. The molecule has 0 aliphatic heterocycles. The van der Waals surface area contributed by atoms with Crippen molar-refractivity contribution in [2.45, 2.75) is 39.2 Å². The van der Waals surface area contributed by atoms with Crippen LogP contribution in [0.25, 0.3) is 0 Å². The maximum atomic E-state index is 12.3. The molecular weight excluding hydrogens is 286 g/mol. The van der Waals surface area contributed by atoms with Gasteiger partial charge >= 0.3 is 5.97 Å². The molecule has 0 aliphatic rings. The summed E-state index contributed by atoms with van der Waals surface area (Å²) >= 11 is 0. The summed E-state index contributed by atoms with van der Waals surface area (Å²) in [6.45, 7) is 4.26. The normalized spacial score (nSPS) is 11.6. The Morgan fingerprint density at radius 3 is 2.68 bits per heavy atom. The number of carboxylic acid groups (broad SMARTS) is 1. The van der Waals surface area contributed by atoms with Crippen molar-refractivity contribution >= 4 is 11.9 Å². The van der Waals surface area contributed by atoms with Crippen molar-refractivity contribution in [3.63, 3.8) is 0 Å². The molecule has 1 amide bonds. The fourth-order valence-corrected chi connectivity index (χ4v) is 1.86. The molecule has 1 rings (SSSR count). The van der Waals surface area contributed by atoms with Gasteiger partial charge in [-0.15, -0.1) is 0 Å². The molecule has 2 N–H and O–H groups in total. The zero-order valence-electron chi connectivity index (χ0n) is 13.2. The first kappa shape index (κ1) is 17.8. The number of methoxy groups -OCH3 is 1. The molecule has 0 bridgehead atoms. The van der Waals surface area contributed by atoms with E-state index in [0.717, 1.165) is 6.42 Å². The van der Waals surface area contributed by atoms with Crippen LogP contribution in [0, 0.1) is 0 Å². The lowest BCUT2D eigenvalue weighted by Crippen LogP contribution is -2.33. The Bertz CT molecular complexity index is 515. The maximum Gasteiger partial charge on any atom is 0.303 e. The second kappa shape index (κ2) is 8.92. The molecule has 0 radical (unpaired) electrons. The molecule has 122 valence electrons. The number of nitrogens with one attached hydrogen (secondary N) is 1. The summed E-state index contributed by atoms with van der Waals surface area (Å²) in [6.07, 6.45) is 1.22. The molecule has 0 heterocycles. The lowest BCUT2D eigenvalue weighted by atomic mass is 10.1. The molecule has 0 saturated carbocycles. The minimum absolute atomic E-state index is 0.0171. The van der Waals surface area contributed by atoms with Crippen LogP contribution in [0.2, 0.25) is 0 Å². The van der Waals surface area contributed by atoms with Crippen LogP contribution in [0.1, 0.15) is 43.5 Å². The summed E-state index contributed by atoms with van der Waals surface area (Å²) in [6, 6.07) is 4.77. The summed E-state index contributed by atoms with van der Waals surface area (Å²) in [4.78, 5) is 22.9. The van der Waals surface area contributed by atoms with Crippen LogP contribution in [0.15, 0.2) is 18.2 Å². The van der Waals surface area contributed by atoms with E-state index in [1.165, 1.54) is 0 Å². The zero-order chi connectivity index (χ0) is 16.5. The molecule has 1 atom stereocenters. The highest BCUT2D eigenvalue weighted by atomic mass is 16.5. The smallest absolute Gasteiger partial charge is 0.303 e. The number of aliphatic carboxylic acids is 1. The highest BCUT2D eigenvalue weighted by Gasteiger charge is 2.16. The van der Waals surface area contributed by atoms with Gasteiger partial charge in [0.1, 0.15) is 11.5 Å². The van der Waals surface area contributed by atoms with E-state index in [1.807, 2.05) is 6.92 Å². The lowest BCUT2D eigenvalue weighted by Gasteiger charge is -2.16. The molecule has 22 heavy (non-hydrogen) atoms. The molecule has 0 fully saturated rings. The van der Waals surface area contributed by atoms with E-state index in [-0.39, 0.29) is 18.4 Å². The van der Waals surface area contributed by atoms with E-state index in [0.29, 0.717) is 30.1 Å². The highest BCUT2D eigenvalue weighted by Crippen LogP contribution is 2.25. The third kappa shape index (κ3) is 5.63. The van der Waals surface area contributed by atoms with Crippen LogP contribution in [-0.4, -0.2) is 36.7 Å². The van der Waals surface area contributed by atoms with Gasteiger partial charge in [0.15, 0.2) is 0 Å². The molecule has 0 aliphatic carbocycles. The Kier molecular flexibility index (Phi) is 7.22. The third-order valence-corrected chi connectivity index (χ3v) is 3.06. The number of hydrogen-bond acceptors (Lipinski definition) is 4. The first-order chi connectivity index (χ1) is 10.5. The second-order valence-corrected chi connectivity index (χ2v) is 5.02. The van der Waals surface area contributed by atoms with Crippen molar-refractivity contribution in [1.82, 2.24) is 5.32 Å². The van der Waals surface area contributed by atoms with Crippen LogP contribution in [0.4, 0.5) is 0 Å². The van der Waals surface area contributed by atoms with E-state index < -0.39 is 5.97 Å². The highest BCUT2D eigenvalue weighted by molar-refractivity contribution is 5.97. The molecule has 0 saturated heterocycles. The van der Waals surface area contributed by atoms with Crippen molar-refractivity contribution < 1.29 is 24.2 Å². The maximum absolute atomic E-state index is 12.3. The summed E-state index contributed by atoms with van der Waals surface area (Å²) in [5.41, 5.74) is 0.413. The number of amides is 1. The van der Waals surface area contributed by atoms with E-state index >= 15 is 0 Å². The molecule has 6 nitrogen and oxygen atoms in total. The fraction of sp³-hybridized carbons (Fsp3) is 0.500. The summed E-state index contributed by atoms with van der Waals surface area (Å²) in [5, 5.41) is 11.4. The molecule has 1 aromatic carbocycles. The number of carbonyl (C=O) groups is 2. The molecule has 1 aromatic rings. The Morgan fingerprint density at radius 1 is 1.36 bits per heavy atom. The first-order valence-electron chi connectivity index (χ1n) is 7.31. The summed E-state index contributed by atoms with van der Waals surface area (Å²) in [5.74, 6) is -0.0881. The predicted octanol–water partition coefficient (Wildman–Crippen LogP) is 2.47. The van der Waals surface area contributed by atoms with E-state index in [1.54, 1.807) is 32.2 Å². The Hall–Kier alpha value is -2.24. The molecule has 0 aromatic heterocycles. The van der Waals surface area contributed by atoms with Crippen LogP contribution in [-0.2, 0) is 4.79 Å². The van der Waals surface area contributed by atoms with E-state index in [2.05, 4.69) is 5.32 Å². The van der Waals surface area contributed by atoms with Crippen molar-refractivity contribution in [2.24, 2.45) is 0 Å². The van der Waals surface area contributed by atoms with E-state index in [4.69, 9.17) is 14.6 Å². The van der Waals surface area contributed by atoms with Crippen LogP contribution in [0.3, 0.4) is 0 Å². The lowest BCUT2D eigenvalue weighted by molar-refractivity contribution is -0.137. The quantitative estimate of drug-likeness (QED) is 0.732. The van der Waals surface area contributed by atoms with Gasteiger partial charge in [-0.25, -0.2) is 0 Å². The third-order valence-electron chi connectivity index (χ3n) is 3.06. The monoisotopic (exact) mass is 309 g/mol. The van der Waals surface area contributed by atoms with Gasteiger partial charge in [-0.1, -0.05) is 6.92 Å². The van der Waals surface area contributed by atoms with Gasteiger partial charge in [0, 0.05) is 18.5 Å². The largest absolute Gasteiger partial charge is 0.497 e. The Balaban J connectivity index is 2.80. The van der Waals surface area contributed by atoms with E-state index in [9.17, 15) is 9.59 Å². The first-order valence-corrected chi connectivity index (χ1v) is 7.31. The summed E-state index contributed by atoms with van der Waals surface area (Å²) < 4.78 is 10.7. The van der Waals surface area contributed by atoms with Crippen LogP contribution >= 0.6 is 0 Å². The number of carboxylic acids is 1. The van der Waals surface area contributed by atoms with Crippen molar-refractivity contribution in [3.05, 3.63) is 23.8 Å². The average molecular weight is 309 g/mol. The van der Waals surface area contributed by atoms with Gasteiger partial charge in [-0.2, -0.15) is 0 Å². The molecular formula is C16H23NO5. The SMILES string of the molecule is CCCOc1cc(OC)ccc1C(=O)NC(C)CCC(=O)O.